The summed E-state index contributed by atoms with van der Waals surface area (Å²) in [7, 11) is 3.35. The summed E-state index contributed by atoms with van der Waals surface area (Å²) in [5.74, 6) is 1.74. The van der Waals surface area contributed by atoms with Crippen LogP contribution in [0.5, 0.6) is 5.75 Å². The fourth-order valence-electron chi connectivity index (χ4n) is 3.46. The topological polar surface area (TPSA) is 86.2 Å². The molecule has 1 atom stereocenters. The van der Waals surface area contributed by atoms with Crippen molar-refractivity contribution in [2.75, 3.05) is 50.2 Å². The lowest BCUT2D eigenvalue weighted by molar-refractivity contribution is 0.252. The molecule has 4 rings (SSSR count). The number of hydrogen-bond donors (Lipinski definition) is 3. The van der Waals surface area contributed by atoms with E-state index in [0.29, 0.717) is 37.0 Å². The predicted octanol–water partition coefficient (Wildman–Crippen LogP) is 4.91. The van der Waals surface area contributed by atoms with Crippen LogP contribution in [0, 0.1) is 10.6 Å². The van der Waals surface area contributed by atoms with Gasteiger partial charge in [-0.1, -0.05) is 22.8 Å². The molecule has 9 heteroatoms. The Kier molecular flexibility index (Phi) is 7.51. The van der Waals surface area contributed by atoms with Gasteiger partial charge in [0.25, 0.3) is 0 Å². The molecule has 0 fully saturated rings. The normalized spacial score (nSPS) is 16.1. The lowest BCUT2D eigenvalue weighted by Gasteiger charge is -2.15. The molecule has 0 spiro atoms. The maximum absolute atomic E-state index is 14.7. The molecule has 7 nitrogen and oxygen atoms in total. The molecule has 0 amide bonds. The highest BCUT2D eigenvalue weighted by atomic mass is 32.2. The molecule has 0 radical (unpaired) electrons. The van der Waals surface area contributed by atoms with Gasteiger partial charge in [0, 0.05) is 41.2 Å². The first-order valence-electron chi connectivity index (χ1n) is 11.0. The number of aromatic nitrogens is 2. The maximum atomic E-state index is 14.7. The Labute approximate surface area is 196 Å². The van der Waals surface area contributed by atoms with Crippen molar-refractivity contribution in [2.45, 2.75) is 17.7 Å². The van der Waals surface area contributed by atoms with Crippen molar-refractivity contribution in [3.05, 3.63) is 54.5 Å². The van der Waals surface area contributed by atoms with Crippen LogP contribution in [-0.4, -0.2) is 54.4 Å². The van der Waals surface area contributed by atoms with E-state index in [0.717, 1.165) is 34.7 Å². The number of likely N-dealkylation sites (N-methyl/N-ethyl adjacent to an activating group) is 1. The number of ether oxygens (including phenoxy) is 1. The zero-order valence-corrected chi connectivity index (χ0v) is 19.7. The highest BCUT2D eigenvalue weighted by Crippen LogP contribution is 2.31. The first-order valence-corrected chi connectivity index (χ1v) is 12.4. The van der Waals surface area contributed by atoms with Gasteiger partial charge >= 0.3 is 0 Å². The number of rotatable bonds is 5. The summed E-state index contributed by atoms with van der Waals surface area (Å²) in [6.45, 7) is 1.84. The molecular formula is C24H29FN6OS. The number of anilines is 3. The minimum absolute atomic E-state index is 0.235. The van der Waals surface area contributed by atoms with Crippen LogP contribution < -0.4 is 15.4 Å². The first kappa shape index (κ1) is 23.1. The second-order valence-corrected chi connectivity index (χ2v) is 9.80. The molecule has 2 aromatic carbocycles. The molecule has 0 saturated carbocycles. The van der Waals surface area contributed by atoms with Gasteiger partial charge in [-0.15, -0.1) is 0 Å². The van der Waals surface area contributed by atoms with Gasteiger partial charge in [0.15, 0.2) is 11.6 Å². The number of nitrogens with one attached hydrogen (secondary N) is 3. The van der Waals surface area contributed by atoms with Gasteiger partial charge < -0.3 is 20.3 Å². The standard InChI is InChI=1S/C24H29FN6OS/c1-31(2)11-12-32-22-9-8-17(14-21(22)25)20-16-28-24-29-18-6-5-7-19(15-18)33(26)13-4-3-10-27-23(20)30-24/h5-9,14-16,26H,3-4,10-13H2,1-2H3,(H2,27,28,29,30). The maximum Gasteiger partial charge on any atom is 0.229 e. The number of benzene rings is 2. The van der Waals surface area contributed by atoms with Gasteiger partial charge in [-0.25, -0.2) is 9.37 Å². The van der Waals surface area contributed by atoms with E-state index in [1.54, 1.807) is 12.3 Å². The van der Waals surface area contributed by atoms with Crippen molar-refractivity contribution in [2.24, 2.45) is 0 Å². The van der Waals surface area contributed by atoms with E-state index in [9.17, 15) is 4.39 Å². The Morgan fingerprint density at radius 2 is 2.06 bits per heavy atom. The van der Waals surface area contributed by atoms with Crippen LogP contribution in [0.3, 0.4) is 0 Å². The Morgan fingerprint density at radius 3 is 2.88 bits per heavy atom. The lowest BCUT2D eigenvalue weighted by atomic mass is 10.1. The third-order valence-corrected chi connectivity index (χ3v) is 6.79. The second kappa shape index (κ2) is 10.7. The van der Waals surface area contributed by atoms with Crippen LogP contribution in [0.2, 0.25) is 0 Å². The van der Waals surface area contributed by atoms with Crippen LogP contribution in [0.1, 0.15) is 12.8 Å². The van der Waals surface area contributed by atoms with E-state index in [1.165, 1.54) is 6.07 Å². The van der Waals surface area contributed by atoms with E-state index in [2.05, 4.69) is 20.6 Å². The van der Waals surface area contributed by atoms with Crippen molar-refractivity contribution in [3.8, 4) is 16.9 Å². The average Bonchev–Trinajstić information content (AvgIpc) is 2.80. The molecule has 174 valence electrons. The second-order valence-electron chi connectivity index (χ2n) is 8.13. The molecule has 1 aliphatic heterocycles. The highest BCUT2D eigenvalue weighted by molar-refractivity contribution is 7.86. The molecule has 33 heavy (non-hydrogen) atoms. The third kappa shape index (κ3) is 6.06. The molecule has 0 saturated heterocycles. The van der Waals surface area contributed by atoms with Gasteiger partial charge in [0.1, 0.15) is 12.4 Å². The highest BCUT2D eigenvalue weighted by Gasteiger charge is 2.14. The van der Waals surface area contributed by atoms with E-state index >= 15 is 0 Å². The summed E-state index contributed by atoms with van der Waals surface area (Å²) in [5, 5.41) is 6.62. The molecule has 3 N–H and O–H groups in total. The van der Waals surface area contributed by atoms with Crippen LogP contribution in [0.4, 0.5) is 21.8 Å². The van der Waals surface area contributed by atoms with Crippen molar-refractivity contribution in [1.82, 2.24) is 14.9 Å². The predicted molar refractivity (Wildman–Crippen MR) is 132 cm³/mol. The molecule has 1 aliphatic rings. The smallest absolute Gasteiger partial charge is 0.229 e. The van der Waals surface area contributed by atoms with Crippen molar-refractivity contribution in [3.63, 3.8) is 0 Å². The molecule has 1 unspecified atom stereocenters. The summed E-state index contributed by atoms with van der Waals surface area (Å²) in [4.78, 5) is 12.1. The van der Waals surface area contributed by atoms with Crippen molar-refractivity contribution < 1.29 is 9.13 Å². The van der Waals surface area contributed by atoms with Gasteiger partial charge in [0.2, 0.25) is 5.95 Å². The minimum atomic E-state index is -0.548. The Balaban J connectivity index is 1.61. The fraction of sp³-hybridized carbons (Fsp3) is 0.333. The number of fused-ring (bicyclic) bond motifs is 4. The lowest BCUT2D eigenvalue weighted by Crippen LogP contribution is -2.19. The fourth-order valence-corrected chi connectivity index (χ4v) is 4.70. The molecular weight excluding hydrogens is 439 g/mol. The molecule has 1 aromatic heterocycles. The van der Waals surface area contributed by atoms with Crippen LogP contribution in [0.15, 0.2) is 53.6 Å². The quantitative estimate of drug-likeness (QED) is 0.493. The average molecular weight is 469 g/mol. The van der Waals surface area contributed by atoms with Crippen molar-refractivity contribution >= 4 is 28.1 Å². The number of halogens is 1. The van der Waals surface area contributed by atoms with E-state index < -0.39 is 16.5 Å². The van der Waals surface area contributed by atoms with Gasteiger partial charge in [-0.2, -0.15) is 4.98 Å². The SMILES string of the molecule is CN(C)CCOc1ccc(-c2cnc3nc2NCCCCS(=N)c2cccc(c2)N3)cc1F. The van der Waals surface area contributed by atoms with E-state index in [1.807, 2.05) is 49.3 Å². The van der Waals surface area contributed by atoms with Crippen LogP contribution in [-0.2, 0) is 10.7 Å². The summed E-state index contributed by atoms with van der Waals surface area (Å²) >= 11 is 0. The monoisotopic (exact) mass is 468 g/mol. The Hall–Kier alpha value is -3.04. The largest absolute Gasteiger partial charge is 0.489 e. The summed E-state index contributed by atoms with van der Waals surface area (Å²) in [5.41, 5.74) is 2.25. The zero-order chi connectivity index (χ0) is 23.2. The van der Waals surface area contributed by atoms with E-state index in [-0.39, 0.29) is 5.75 Å². The summed E-state index contributed by atoms with van der Waals surface area (Å²) < 4.78 is 28.7. The number of nitrogens with zero attached hydrogens (tertiary/aromatic N) is 3. The molecule has 4 bridgehead atoms. The summed E-state index contributed by atoms with van der Waals surface area (Å²) in [6, 6.07) is 12.8. The Morgan fingerprint density at radius 1 is 1.18 bits per heavy atom. The Bertz CT molecular complexity index is 1140. The van der Waals surface area contributed by atoms with E-state index in [4.69, 9.17) is 9.52 Å². The summed E-state index contributed by atoms with van der Waals surface area (Å²) in [6.07, 6.45) is 3.57. The third-order valence-electron chi connectivity index (χ3n) is 5.27. The molecule has 3 aromatic rings. The zero-order valence-electron chi connectivity index (χ0n) is 18.9. The first-order chi connectivity index (χ1) is 16.0. The van der Waals surface area contributed by atoms with Gasteiger partial charge in [0.05, 0.1) is 0 Å². The van der Waals surface area contributed by atoms with Crippen LogP contribution in [0.25, 0.3) is 11.1 Å². The number of hydrogen-bond acceptors (Lipinski definition) is 7. The van der Waals surface area contributed by atoms with Crippen LogP contribution >= 0.6 is 0 Å². The minimum Gasteiger partial charge on any atom is -0.489 e. The van der Waals surface area contributed by atoms with Crippen molar-refractivity contribution in [1.29, 1.82) is 4.78 Å². The molecule has 0 aliphatic carbocycles. The van der Waals surface area contributed by atoms with Gasteiger partial charge in [-0.05, 0) is 62.8 Å². The van der Waals surface area contributed by atoms with Gasteiger partial charge in [-0.3, -0.25) is 4.78 Å². The molecule has 2 heterocycles.